The number of rotatable bonds is 16. The van der Waals surface area contributed by atoms with Crippen molar-refractivity contribution in [3.8, 4) is 22.9 Å². The second-order valence-corrected chi connectivity index (χ2v) is 20.3. The molecule has 8 atom stereocenters. The van der Waals surface area contributed by atoms with Gasteiger partial charge in [0.05, 0.1) is 38.1 Å². The van der Waals surface area contributed by atoms with Crippen molar-refractivity contribution in [2.24, 2.45) is 23.2 Å². The average molecular weight is 923 g/mol. The van der Waals surface area contributed by atoms with E-state index in [-0.39, 0.29) is 31.0 Å². The van der Waals surface area contributed by atoms with Gasteiger partial charge < -0.3 is 44.5 Å². The standard InChI is InChI=1S/C46H60ClN7O9S/c1-8-28-22-46(28,42(57)59-7)52-40(55)34-20-30(23-54(34)41(56)39(45(4,5)6)51-44(58)63-29-18-26-17-27(26)19-29)62-36-21-32(33-24-64-43(50-33)48-25(2)3)49-38-31(36)9-10-35(37(38)47)61-16-13-53-11-14-60-15-12-53/h8-10,21,24-30,34,39H,1,11-20,22-23H2,2-7H3,(H,48,50)(H,51,58)(H,52,55)/t26-,27+,28-,29+,30?,34+,39-,46?/m1/s1. The van der Waals surface area contributed by atoms with Crippen molar-refractivity contribution in [2.75, 3.05) is 58.4 Å². The van der Waals surface area contributed by atoms with Crippen molar-refractivity contribution in [1.82, 2.24) is 30.4 Å². The minimum Gasteiger partial charge on any atom is -0.491 e. The molecule has 3 N–H and O–H groups in total. The van der Waals surface area contributed by atoms with Crippen molar-refractivity contribution >= 4 is 62.8 Å². The van der Waals surface area contributed by atoms with Crippen LogP contribution in [0.2, 0.25) is 5.02 Å². The van der Waals surface area contributed by atoms with Crippen LogP contribution >= 0.6 is 22.9 Å². The third kappa shape index (κ3) is 9.92. The quantitative estimate of drug-likeness (QED) is 0.111. The fourth-order valence-corrected chi connectivity index (χ4v) is 10.4. The van der Waals surface area contributed by atoms with E-state index in [1.807, 2.05) is 46.1 Å². The highest BCUT2D eigenvalue weighted by atomic mass is 35.5. The molecule has 16 nitrogen and oxygen atoms in total. The number of methoxy groups -OCH3 is 1. The number of aromatic nitrogens is 2. The first-order valence-corrected chi connectivity index (χ1v) is 23.6. The Morgan fingerprint density at radius 2 is 1.80 bits per heavy atom. The molecule has 3 saturated carbocycles. The zero-order valence-corrected chi connectivity index (χ0v) is 39.0. The van der Waals surface area contributed by atoms with E-state index >= 15 is 0 Å². The van der Waals surface area contributed by atoms with Gasteiger partial charge >= 0.3 is 12.1 Å². The second-order valence-electron chi connectivity index (χ2n) is 19.1. The SMILES string of the molecule is C=C[C@@H]1CC1(NC(=O)[C@@H]1CC(Oc2cc(-c3csc(NC(C)C)n3)nc3c(Cl)c(OCCN4CCOCC4)ccc23)CN1C(=O)[C@@H](NC(=O)O[C@@H]1C[C@@H]2C[C@@H]2C1)C(C)(C)C)C(=O)OC. The largest absolute Gasteiger partial charge is 0.491 e. The molecule has 0 radical (unpaired) electrons. The number of carbonyl (C=O) groups is 4. The number of carbonyl (C=O) groups excluding carboxylic acids is 4. The lowest BCUT2D eigenvalue weighted by atomic mass is 9.85. The van der Waals surface area contributed by atoms with E-state index in [2.05, 4.69) is 27.4 Å². The molecule has 1 aromatic carbocycles. The molecular formula is C46H60ClN7O9S. The van der Waals surface area contributed by atoms with E-state index in [1.165, 1.54) is 29.8 Å². The van der Waals surface area contributed by atoms with Gasteiger partial charge in [0.1, 0.15) is 58.7 Å². The van der Waals surface area contributed by atoms with Crippen molar-refractivity contribution in [3.05, 3.63) is 41.3 Å². The number of hydrogen-bond donors (Lipinski definition) is 3. The molecular weight excluding hydrogens is 862 g/mol. The number of halogens is 1. The molecule has 0 spiro atoms. The highest BCUT2D eigenvalue weighted by Gasteiger charge is 2.62. The summed E-state index contributed by atoms with van der Waals surface area (Å²) in [5.74, 6) is 0.110. The number of hydrogen-bond acceptors (Lipinski definition) is 14. The molecule has 3 aliphatic carbocycles. The summed E-state index contributed by atoms with van der Waals surface area (Å²) in [4.78, 5) is 69.3. The molecule has 0 bridgehead atoms. The lowest BCUT2D eigenvalue weighted by Crippen LogP contribution is -2.59. The van der Waals surface area contributed by atoms with Gasteiger partial charge in [-0.2, -0.15) is 0 Å². The Labute approximate surface area is 383 Å². The van der Waals surface area contributed by atoms with Gasteiger partial charge in [0, 0.05) is 54.8 Å². The Balaban J connectivity index is 1.10. The van der Waals surface area contributed by atoms with Crippen LogP contribution in [0.25, 0.3) is 22.3 Å². The number of nitrogens with zero attached hydrogens (tertiary/aromatic N) is 4. The van der Waals surface area contributed by atoms with E-state index in [1.54, 1.807) is 18.2 Å². The van der Waals surface area contributed by atoms with E-state index in [0.717, 1.165) is 31.1 Å². The monoisotopic (exact) mass is 921 g/mol. The summed E-state index contributed by atoms with van der Waals surface area (Å²) in [7, 11) is 1.27. The minimum atomic E-state index is -1.31. The molecule has 2 saturated heterocycles. The fourth-order valence-electron chi connectivity index (χ4n) is 9.28. The number of thiazole rings is 1. The molecule has 8 rings (SSSR count). The molecule has 346 valence electrons. The molecule has 5 aliphatic rings. The van der Waals surface area contributed by atoms with Gasteiger partial charge in [-0.3, -0.25) is 14.5 Å². The first-order chi connectivity index (χ1) is 30.6. The molecule has 2 aromatic heterocycles. The van der Waals surface area contributed by atoms with Crippen LogP contribution in [-0.4, -0.2) is 133 Å². The second kappa shape index (κ2) is 18.6. The van der Waals surface area contributed by atoms with E-state index < -0.39 is 53.0 Å². The Morgan fingerprint density at radius 3 is 2.47 bits per heavy atom. The van der Waals surface area contributed by atoms with Gasteiger partial charge in [-0.05, 0) is 68.9 Å². The summed E-state index contributed by atoms with van der Waals surface area (Å²) >= 11 is 8.57. The molecule has 4 heterocycles. The molecule has 2 unspecified atom stereocenters. The molecule has 18 heteroatoms. The molecule has 3 amide bonds. The van der Waals surface area contributed by atoms with Crippen molar-refractivity contribution < 1.29 is 42.9 Å². The Bertz CT molecular complexity index is 2250. The normalized spacial score (nSPS) is 26.8. The predicted octanol–water partition coefficient (Wildman–Crippen LogP) is 6.06. The highest BCUT2D eigenvalue weighted by molar-refractivity contribution is 7.14. The first kappa shape index (κ1) is 45.8. The van der Waals surface area contributed by atoms with Gasteiger partial charge in [0.2, 0.25) is 11.8 Å². The van der Waals surface area contributed by atoms with Crippen molar-refractivity contribution in [3.63, 3.8) is 0 Å². The Morgan fingerprint density at radius 1 is 1.05 bits per heavy atom. The van der Waals surface area contributed by atoms with Gasteiger partial charge in [0.25, 0.3) is 0 Å². The summed E-state index contributed by atoms with van der Waals surface area (Å²) in [6, 6.07) is 3.44. The topological polar surface area (TPSA) is 183 Å². The number of ether oxygens (including phenoxy) is 5. The van der Waals surface area contributed by atoms with E-state index in [0.29, 0.717) is 83.4 Å². The highest BCUT2D eigenvalue weighted by Crippen LogP contribution is 2.52. The Kier molecular flexibility index (Phi) is 13.4. The lowest BCUT2D eigenvalue weighted by molar-refractivity contribution is -0.148. The maximum absolute atomic E-state index is 14.9. The number of fused-ring (bicyclic) bond motifs is 2. The third-order valence-corrected chi connectivity index (χ3v) is 14.1. The number of benzene rings is 1. The number of anilines is 1. The number of pyridine rings is 1. The predicted molar refractivity (Wildman–Crippen MR) is 243 cm³/mol. The smallest absolute Gasteiger partial charge is 0.408 e. The van der Waals surface area contributed by atoms with Crippen molar-refractivity contribution in [2.45, 2.75) is 103 Å². The molecule has 2 aliphatic heterocycles. The van der Waals surface area contributed by atoms with Crippen LogP contribution in [0.4, 0.5) is 9.93 Å². The van der Waals surface area contributed by atoms with Crippen molar-refractivity contribution in [1.29, 1.82) is 0 Å². The zero-order valence-electron chi connectivity index (χ0n) is 37.4. The summed E-state index contributed by atoms with van der Waals surface area (Å²) in [5.41, 5.74) is -0.547. The Hall–Kier alpha value is -4.71. The van der Waals surface area contributed by atoms with E-state index in [9.17, 15) is 19.2 Å². The molecule has 5 fully saturated rings. The maximum Gasteiger partial charge on any atom is 0.408 e. The molecule has 64 heavy (non-hydrogen) atoms. The van der Waals surface area contributed by atoms with E-state index in [4.69, 9.17) is 45.3 Å². The first-order valence-electron chi connectivity index (χ1n) is 22.3. The van der Waals surface area contributed by atoms with Crippen LogP contribution in [0.3, 0.4) is 0 Å². The summed E-state index contributed by atoms with van der Waals surface area (Å²) in [6.45, 7) is 17.6. The number of esters is 1. The van der Waals surface area contributed by atoms with Crippen LogP contribution in [0, 0.1) is 23.2 Å². The minimum absolute atomic E-state index is 0.0168. The zero-order chi connectivity index (χ0) is 45.5. The number of nitrogens with one attached hydrogen (secondary N) is 3. The van der Waals surface area contributed by atoms with Crippen LogP contribution < -0.4 is 25.4 Å². The number of alkyl carbamates (subject to hydrolysis) is 1. The molecule has 3 aromatic rings. The maximum atomic E-state index is 14.9. The number of amides is 3. The van der Waals surface area contributed by atoms with Crippen LogP contribution in [0.15, 0.2) is 36.2 Å². The van der Waals surface area contributed by atoms with Crippen LogP contribution in [0.5, 0.6) is 11.5 Å². The average Bonchev–Trinajstić information content (AvgIpc) is 3.92. The van der Waals surface area contributed by atoms with Gasteiger partial charge in [-0.1, -0.05) is 38.4 Å². The van der Waals surface area contributed by atoms with Gasteiger partial charge in [0.15, 0.2) is 5.13 Å². The summed E-state index contributed by atoms with van der Waals surface area (Å²) in [5, 5.41) is 12.7. The number of likely N-dealkylation sites (tertiary alicyclic amines) is 1. The lowest BCUT2D eigenvalue weighted by Gasteiger charge is -2.35. The summed E-state index contributed by atoms with van der Waals surface area (Å²) < 4.78 is 29.5. The van der Waals surface area contributed by atoms with Gasteiger partial charge in [-0.25, -0.2) is 19.6 Å². The van der Waals surface area contributed by atoms with Gasteiger partial charge in [-0.15, -0.1) is 17.9 Å². The number of morpholine rings is 1. The summed E-state index contributed by atoms with van der Waals surface area (Å²) in [6.07, 6.45) is 3.22. The third-order valence-electron chi connectivity index (χ3n) is 13.0. The van der Waals surface area contributed by atoms with Crippen LogP contribution in [0.1, 0.15) is 66.7 Å². The van der Waals surface area contributed by atoms with Crippen LogP contribution in [-0.2, 0) is 28.6 Å². The fraction of sp³-hybridized carbons (Fsp3) is 0.609.